The van der Waals surface area contributed by atoms with Gasteiger partial charge in [-0.25, -0.2) is 0 Å². The minimum Gasteiger partial charge on any atom is -0.313 e. The quantitative estimate of drug-likeness (QED) is 0.885. The summed E-state index contributed by atoms with van der Waals surface area (Å²) in [5, 5.41) is 5.85. The van der Waals surface area contributed by atoms with E-state index in [4.69, 9.17) is 0 Å². The topological polar surface area (TPSA) is 15.3 Å². The number of hydrogen-bond acceptors (Lipinski definition) is 3. The Morgan fingerprint density at radius 3 is 3.06 bits per heavy atom. The fourth-order valence-electron chi connectivity index (χ4n) is 2.70. The average molecular weight is 252 g/mol. The van der Waals surface area contributed by atoms with Crippen LogP contribution in [0.3, 0.4) is 0 Å². The molecule has 1 fully saturated rings. The third kappa shape index (κ3) is 3.30. The standard InChI is InChI=1S/C14H24N2S/c1-3-12-11-16(9-6-8-15-12)13(4-2)14-7-5-10-17-14/h5,7,10,12-13,15H,3-4,6,8-9,11H2,1-2H3. The van der Waals surface area contributed by atoms with Crippen LogP contribution in [0, 0.1) is 0 Å². The van der Waals surface area contributed by atoms with Crippen LogP contribution in [-0.2, 0) is 0 Å². The molecule has 0 aliphatic carbocycles. The minimum atomic E-state index is 0.629. The molecule has 0 aromatic carbocycles. The van der Waals surface area contributed by atoms with Gasteiger partial charge in [0.15, 0.2) is 0 Å². The summed E-state index contributed by atoms with van der Waals surface area (Å²) < 4.78 is 0. The largest absolute Gasteiger partial charge is 0.313 e. The van der Waals surface area contributed by atoms with E-state index in [2.05, 4.69) is 41.6 Å². The van der Waals surface area contributed by atoms with Gasteiger partial charge in [0.2, 0.25) is 0 Å². The molecule has 1 aromatic heterocycles. The summed E-state index contributed by atoms with van der Waals surface area (Å²) in [5.74, 6) is 0. The van der Waals surface area contributed by atoms with Crippen molar-refractivity contribution in [3.8, 4) is 0 Å². The predicted molar refractivity (Wildman–Crippen MR) is 75.6 cm³/mol. The zero-order valence-corrected chi connectivity index (χ0v) is 11.8. The first-order valence-corrected chi connectivity index (χ1v) is 7.74. The van der Waals surface area contributed by atoms with Gasteiger partial charge in [0, 0.05) is 30.1 Å². The van der Waals surface area contributed by atoms with E-state index in [9.17, 15) is 0 Å². The molecule has 96 valence electrons. The maximum atomic E-state index is 3.65. The summed E-state index contributed by atoms with van der Waals surface area (Å²) in [4.78, 5) is 4.21. The molecule has 2 heterocycles. The number of nitrogens with zero attached hydrogens (tertiary/aromatic N) is 1. The summed E-state index contributed by atoms with van der Waals surface area (Å²) in [7, 11) is 0. The smallest absolute Gasteiger partial charge is 0.0439 e. The van der Waals surface area contributed by atoms with Gasteiger partial charge in [-0.05, 0) is 37.3 Å². The van der Waals surface area contributed by atoms with Gasteiger partial charge >= 0.3 is 0 Å². The van der Waals surface area contributed by atoms with Crippen molar-refractivity contribution >= 4 is 11.3 Å². The Kier molecular flexibility index (Phi) is 5.01. The number of hydrogen-bond donors (Lipinski definition) is 1. The molecular weight excluding hydrogens is 228 g/mol. The van der Waals surface area contributed by atoms with E-state index in [0.717, 1.165) is 0 Å². The fraction of sp³-hybridized carbons (Fsp3) is 0.714. The zero-order chi connectivity index (χ0) is 12.1. The Labute approximate surface area is 109 Å². The molecule has 1 aliphatic heterocycles. The van der Waals surface area contributed by atoms with Gasteiger partial charge in [0.05, 0.1) is 0 Å². The highest BCUT2D eigenvalue weighted by molar-refractivity contribution is 7.10. The monoisotopic (exact) mass is 252 g/mol. The highest BCUT2D eigenvalue weighted by Gasteiger charge is 2.23. The van der Waals surface area contributed by atoms with Crippen molar-refractivity contribution in [2.75, 3.05) is 19.6 Å². The lowest BCUT2D eigenvalue weighted by atomic mass is 10.1. The van der Waals surface area contributed by atoms with Crippen LogP contribution < -0.4 is 5.32 Å². The van der Waals surface area contributed by atoms with Gasteiger partial charge in [-0.2, -0.15) is 0 Å². The second kappa shape index (κ2) is 6.53. The number of thiophene rings is 1. The van der Waals surface area contributed by atoms with Gasteiger partial charge in [0.1, 0.15) is 0 Å². The van der Waals surface area contributed by atoms with E-state index < -0.39 is 0 Å². The Morgan fingerprint density at radius 2 is 2.41 bits per heavy atom. The van der Waals surface area contributed by atoms with Crippen LogP contribution >= 0.6 is 11.3 Å². The van der Waals surface area contributed by atoms with Crippen LogP contribution in [-0.4, -0.2) is 30.6 Å². The third-order valence-corrected chi connectivity index (χ3v) is 4.68. The number of rotatable bonds is 4. The van der Waals surface area contributed by atoms with Gasteiger partial charge in [-0.1, -0.05) is 19.9 Å². The Morgan fingerprint density at radius 1 is 1.53 bits per heavy atom. The molecule has 0 bridgehead atoms. The van der Waals surface area contributed by atoms with Gasteiger partial charge in [-0.3, -0.25) is 4.90 Å². The maximum absolute atomic E-state index is 3.65. The Bertz CT molecular complexity index is 310. The zero-order valence-electron chi connectivity index (χ0n) is 11.0. The Hall–Kier alpha value is -0.380. The lowest BCUT2D eigenvalue weighted by Gasteiger charge is -2.31. The molecule has 1 aliphatic rings. The first-order valence-electron chi connectivity index (χ1n) is 6.86. The van der Waals surface area contributed by atoms with Crippen LogP contribution in [0.15, 0.2) is 17.5 Å². The van der Waals surface area contributed by atoms with Crippen molar-refractivity contribution in [2.24, 2.45) is 0 Å². The van der Waals surface area contributed by atoms with E-state index in [1.165, 1.54) is 43.8 Å². The summed E-state index contributed by atoms with van der Waals surface area (Å²) in [6.07, 6.45) is 3.73. The Balaban J connectivity index is 2.07. The summed E-state index contributed by atoms with van der Waals surface area (Å²) in [5.41, 5.74) is 0. The summed E-state index contributed by atoms with van der Waals surface area (Å²) in [6.45, 7) is 8.21. The normalized spacial score (nSPS) is 24.5. The van der Waals surface area contributed by atoms with E-state index in [1.54, 1.807) is 0 Å². The molecule has 0 spiro atoms. The molecule has 3 heteroatoms. The molecule has 1 aromatic rings. The molecule has 1 N–H and O–H groups in total. The van der Waals surface area contributed by atoms with Crippen LogP contribution in [0.1, 0.15) is 44.0 Å². The number of nitrogens with one attached hydrogen (secondary N) is 1. The molecule has 2 atom stereocenters. The lowest BCUT2D eigenvalue weighted by Crippen LogP contribution is -2.38. The van der Waals surface area contributed by atoms with Crippen LogP contribution in [0.5, 0.6) is 0 Å². The molecule has 2 unspecified atom stereocenters. The van der Waals surface area contributed by atoms with Crippen LogP contribution in [0.25, 0.3) is 0 Å². The molecule has 0 amide bonds. The first kappa shape index (κ1) is 13.1. The predicted octanol–water partition coefficient (Wildman–Crippen LogP) is 3.27. The van der Waals surface area contributed by atoms with Crippen molar-refractivity contribution in [1.82, 2.24) is 10.2 Å². The third-order valence-electron chi connectivity index (χ3n) is 3.70. The lowest BCUT2D eigenvalue weighted by molar-refractivity contribution is 0.190. The first-order chi connectivity index (χ1) is 8.35. The average Bonchev–Trinajstić information content (AvgIpc) is 2.76. The second-order valence-electron chi connectivity index (χ2n) is 4.85. The fourth-order valence-corrected chi connectivity index (χ4v) is 3.65. The summed E-state index contributed by atoms with van der Waals surface area (Å²) in [6, 6.07) is 5.77. The highest BCUT2D eigenvalue weighted by atomic mass is 32.1. The SMILES string of the molecule is CCC1CN(C(CC)c2cccs2)CCCN1. The second-order valence-corrected chi connectivity index (χ2v) is 5.83. The van der Waals surface area contributed by atoms with Crippen molar-refractivity contribution in [3.05, 3.63) is 22.4 Å². The van der Waals surface area contributed by atoms with Gasteiger partial charge in [0.25, 0.3) is 0 Å². The van der Waals surface area contributed by atoms with Crippen molar-refractivity contribution in [1.29, 1.82) is 0 Å². The van der Waals surface area contributed by atoms with Gasteiger partial charge < -0.3 is 5.32 Å². The van der Waals surface area contributed by atoms with Crippen molar-refractivity contribution in [2.45, 2.75) is 45.2 Å². The van der Waals surface area contributed by atoms with E-state index in [0.29, 0.717) is 12.1 Å². The van der Waals surface area contributed by atoms with E-state index >= 15 is 0 Å². The van der Waals surface area contributed by atoms with Crippen LogP contribution in [0.2, 0.25) is 0 Å². The van der Waals surface area contributed by atoms with Crippen molar-refractivity contribution < 1.29 is 0 Å². The molecule has 2 rings (SSSR count). The van der Waals surface area contributed by atoms with Crippen molar-refractivity contribution in [3.63, 3.8) is 0 Å². The maximum Gasteiger partial charge on any atom is 0.0439 e. The summed E-state index contributed by atoms with van der Waals surface area (Å²) >= 11 is 1.90. The molecule has 0 saturated carbocycles. The molecule has 0 radical (unpaired) electrons. The minimum absolute atomic E-state index is 0.629. The van der Waals surface area contributed by atoms with E-state index in [-0.39, 0.29) is 0 Å². The molecule has 1 saturated heterocycles. The molecule has 17 heavy (non-hydrogen) atoms. The van der Waals surface area contributed by atoms with Crippen LogP contribution in [0.4, 0.5) is 0 Å². The highest BCUT2D eigenvalue weighted by Crippen LogP contribution is 2.29. The molecular formula is C14H24N2S. The van der Waals surface area contributed by atoms with Gasteiger partial charge in [-0.15, -0.1) is 11.3 Å². The molecule has 2 nitrogen and oxygen atoms in total. The van der Waals surface area contributed by atoms with E-state index in [1.807, 2.05) is 11.3 Å².